The van der Waals surface area contributed by atoms with Crippen LogP contribution in [0.5, 0.6) is 0 Å². The second kappa shape index (κ2) is 9.53. The van der Waals surface area contributed by atoms with E-state index in [0.717, 1.165) is 38.5 Å². The molecule has 1 aromatic rings. The molecule has 1 aromatic carbocycles. The van der Waals surface area contributed by atoms with E-state index in [2.05, 4.69) is 10.6 Å². The van der Waals surface area contributed by atoms with Crippen LogP contribution in [0.15, 0.2) is 30.3 Å². The van der Waals surface area contributed by atoms with E-state index >= 15 is 0 Å². The molecule has 3 rings (SSSR count). The molecular weight excluding hydrogens is 342 g/mol. The van der Waals surface area contributed by atoms with Crippen molar-refractivity contribution in [3.63, 3.8) is 0 Å². The Bertz CT molecular complexity index is 648. The highest BCUT2D eigenvalue weighted by Gasteiger charge is 2.29. The number of amides is 3. The fourth-order valence-electron chi connectivity index (χ4n) is 3.98. The number of likely N-dealkylation sites (tertiary alicyclic amines) is 1. The van der Waals surface area contributed by atoms with Crippen molar-refractivity contribution in [1.29, 1.82) is 0 Å². The van der Waals surface area contributed by atoms with Crippen LogP contribution in [-0.2, 0) is 9.59 Å². The topological polar surface area (TPSA) is 78.5 Å². The van der Waals surface area contributed by atoms with E-state index in [9.17, 15) is 14.4 Å². The number of nitrogens with one attached hydrogen (secondary N) is 2. The molecule has 1 saturated carbocycles. The summed E-state index contributed by atoms with van der Waals surface area (Å²) in [5.74, 6) is 0.0719. The minimum atomic E-state index is -0.251. The minimum absolute atomic E-state index is 0.0328. The quantitative estimate of drug-likeness (QED) is 0.832. The van der Waals surface area contributed by atoms with Gasteiger partial charge in [0.15, 0.2) is 0 Å². The molecule has 27 heavy (non-hydrogen) atoms. The Morgan fingerprint density at radius 1 is 0.926 bits per heavy atom. The summed E-state index contributed by atoms with van der Waals surface area (Å²) in [6, 6.07) is 8.92. The van der Waals surface area contributed by atoms with Crippen molar-refractivity contribution in [1.82, 2.24) is 15.5 Å². The lowest BCUT2D eigenvalue weighted by molar-refractivity contribution is -0.137. The van der Waals surface area contributed by atoms with E-state index in [-0.39, 0.29) is 30.3 Å². The third-order valence-corrected chi connectivity index (χ3v) is 5.57. The molecular formula is C21H29N3O3. The van der Waals surface area contributed by atoms with E-state index in [1.165, 1.54) is 6.42 Å². The molecule has 2 fully saturated rings. The molecule has 6 heteroatoms. The van der Waals surface area contributed by atoms with Crippen molar-refractivity contribution in [2.24, 2.45) is 5.92 Å². The predicted octanol–water partition coefficient (Wildman–Crippen LogP) is 2.10. The standard InChI is InChI=1S/C21H29N3O3/c25-19(15-22-20(26)16-7-3-1-4-8-16)23-18-11-13-24(14-12-18)21(27)17-9-5-2-6-10-17/h1,3-4,7-8,17-18H,2,5-6,9-15H2,(H,22,26)(H,23,25). The zero-order valence-electron chi connectivity index (χ0n) is 15.8. The summed E-state index contributed by atoms with van der Waals surface area (Å²) in [6.07, 6.45) is 7.18. The maximum Gasteiger partial charge on any atom is 0.251 e. The maximum atomic E-state index is 12.6. The van der Waals surface area contributed by atoms with Crippen molar-refractivity contribution in [3.05, 3.63) is 35.9 Å². The summed E-state index contributed by atoms with van der Waals surface area (Å²) in [7, 11) is 0. The average Bonchev–Trinajstić information content (AvgIpc) is 2.73. The van der Waals surface area contributed by atoms with Crippen LogP contribution < -0.4 is 10.6 Å². The molecule has 1 aliphatic carbocycles. The molecule has 0 spiro atoms. The van der Waals surface area contributed by atoms with Crippen molar-refractivity contribution in [3.8, 4) is 0 Å². The molecule has 1 aliphatic heterocycles. The van der Waals surface area contributed by atoms with Gasteiger partial charge >= 0.3 is 0 Å². The number of benzene rings is 1. The molecule has 0 aromatic heterocycles. The lowest BCUT2D eigenvalue weighted by Crippen LogP contribution is -2.49. The minimum Gasteiger partial charge on any atom is -0.352 e. The van der Waals surface area contributed by atoms with Gasteiger partial charge in [-0.15, -0.1) is 0 Å². The number of hydrogen-bond acceptors (Lipinski definition) is 3. The zero-order valence-corrected chi connectivity index (χ0v) is 15.8. The van der Waals surface area contributed by atoms with Crippen molar-refractivity contribution >= 4 is 17.7 Å². The van der Waals surface area contributed by atoms with Crippen molar-refractivity contribution in [2.75, 3.05) is 19.6 Å². The first kappa shape index (κ1) is 19.4. The molecule has 0 radical (unpaired) electrons. The van der Waals surface area contributed by atoms with Gasteiger partial charge in [-0.1, -0.05) is 37.5 Å². The Hall–Kier alpha value is -2.37. The molecule has 0 bridgehead atoms. The highest BCUT2D eigenvalue weighted by atomic mass is 16.2. The number of hydrogen-bond donors (Lipinski definition) is 2. The van der Waals surface area contributed by atoms with Gasteiger partial charge < -0.3 is 15.5 Å². The van der Waals surface area contributed by atoms with Crippen LogP contribution in [0.3, 0.4) is 0 Å². The average molecular weight is 371 g/mol. The number of carbonyl (C=O) groups excluding carboxylic acids is 3. The first-order chi connectivity index (χ1) is 13.1. The third kappa shape index (κ3) is 5.55. The monoisotopic (exact) mass is 371 g/mol. The van der Waals surface area contributed by atoms with E-state index in [1.54, 1.807) is 24.3 Å². The van der Waals surface area contributed by atoms with Gasteiger partial charge in [-0.3, -0.25) is 14.4 Å². The number of rotatable bonds is 5. The Morgan fingerprint density at radius 2 is 1.59 bits per heavy atom. The number of piperidine rings is 1. The van der Waals surface area contributed by atoms with Crippen molar-refractivity contribution < 1.29 is 14.4 Å². The normalized spacial score (nSPS) is 18.7. The molecule has 6 nitrogen and oxygen atoms in total. The van der Waals surface area contributed by atoms with Gasteiger partial charge in [-0.25, -0.2) is 0 Å². The summed E-state index contributed by atoms with van der Waals surface area (Å²) in [4.78, 5) is 38.6. The Kier molecular flexibility index (Phi) is 6.85. The van der Waals surface area contributed by atoms with Crippen molar-refractivity contribution in [2.45, 2.75) is 51.0 Å². The van der Waals surface area contributed by atoms with Gasteiger partial charge in [-0.05, 0) is 37.8 Å². The molecule has 1 heterocycles. The lowest BCUT2D eigenvalue weighted by Gasteiger charge is -2.35. The molecule has 0 atom stereocenters. The van der Waals surface area contributed by atoms with E-state index < -0.39 is 0 Å². The molecule has 3 amide bonds. The highest BCUT2D eigenvalue weighted by molar-refractivity contribution is 5.96. The van der Waals surface area contributed by atoms with Crippen LogP contribution in [0.1, 0.15) is 55.3 Å². The van der Waals surface area contributed by atoms with Gasteiger partial charge in [0.1, 0.15) is 0 Å². The Morgan fingerprint density at radius 3 is 2.26 bits per heavy atom. The van der Waals surface area contributed by atoms with Crippen LogP contribution in [0, 0.1) is 5.92 Å². The SMILES string of the molecule is O=C(CNC(=O)c1ccccc1)NC1CCN(C(=O)C2CCCCC2)CC1. The zero-order chi connectivity index (χ0) is 19.1. The molecule has 2 aliphatic rings. The summed E-state index contributed by atoms with van der Waals surface area (Å²) in [5.41, 5.74) is 0.542. The number of nitrogens with zero attached hydrogens (tertiary/aromatic N) is 1. The van der Waals surface area contributed by atoms with Gasteiger partial charge in [0.25, 0.3) is 5.91 Å². The fraction of sp³-hybridized carbons (Fsp3) is 0.571. The molecule has 146 valence electrons. The summed E-state index contributed by atoms with van der Waals surface area (Å²) in [5, 5.41) is 5.62. The summed E-state index contributed by atoms with van der Waals surface area (Å²) < 4.78 is 0. The summed E-state index contributed by atoms with van der Waals surface area (Å²) in [6.45, 7) is 1.38. The first-order valence-electron chi connectivity index (χ1n) is 10.0. The first-order valence-corrected chi connectivity index (χ1v) is 10.0. The Balaban J connectivity index is 1.36. The lowest BCUT2D eigenvalue weighted by atomic mass is 9.87. The smallest absolute Gasteiger partial charge is 0.251 e. The van der Waals surface area contributed by atoms with Crippen LogP contribution in [0.4, 0.5) is 0 Å². The molecule has 1 saturated heterocycles. The fourth-order valence-corrected chi connectivity index (χ4v) is 3.98. The largest absolute Gasteiger partial charge is 0.352 e. The van der Waals surface area contributed by atoms with Crippen LogP contribution in [0.25, 0.3) is 0 Å². The predicted molar refractivity (Wildman–Crippen MR) is 103 cm³/mol. The Labute approximate surface area is 160 Å². The highest BCUT2D eigenvalue weighted by Crippen LogP contribution is 2.26. The maximum absolute atomic E-state index is 12.6. The van der Waals surface area contributed by atoms with Crippen LogP contribution in [0.2, 0.25) is 0 Å². The van der Waals surface area contributed by atoms with Gasteiger partial charge in [-0.2, -0.15) is 0 Å². The van der Waals surface area contributed by atoms with Gasteiger partial charge in [0.05, 0.1) is 6.54 Å². The van der Waals surface area contributed by atoms with Crippen LogP contribution >= 0.6 is 0 Å². The third-order valence-electron chi connectivity index (χ3n) is 5.57. The van der Waals surface area contributed by atoms with E-state index in [1.807, 2.05) is 11.0 Å². The summed E-state index contributed by atoms with van der Waals surface area (Å²) >= 11 is 0. The number of carbonyl (C=O) groups is 3. The van der Waals surface area contributed by atoms with Gasteiger partial charge in [0, 0.05) is 30.6 Å². The van der Waals surface area contributed by atoms with Gasteiger partial charge in [0.2, 0.25) is 11.8 Å². The molecule has 0 unspecified atom stereocenters. The van der Waals surface area contributed by atoms with E-state index in [4.69, 9.17) is 0 Å². The second-order valence-corrected chi connectivity index (χ2v) is 7.55. The second-order valence-electron chi connectivity index (χ2n) is 7.55. The van der Waals surface area contributed by atoms with E-state index in [0.29, 0.717) is 24.6 Å². The van der Waals surface area contributed by atoms with Crippen LogP contribution in [-0.4, -0.2) is 48.3 Å². The molecule has 2 N–H and O–H groups in total.